The lowest BCUT2D eigenvalue weighted by atomic mass is 10.1. The van der Waals surface area contributed by atoms with Crippen LogP contribution < -0.4 is 10.5 Å². The normalized spacial score (nSPS) is 20.3. The summed E-state index contributed by atoms with van der Waals surface area (Å²) in [6, 6.07) is 5.79. The van der Waals surface area contributed by atoms with E-state index in [0.29, 0.717) is 11.6 Å². The van der Waals surface area contributed by atoms with Gasteiger partial charge >= 0.3 is 0 Å². The van der Waals surface area contributed by atoms with Crippen molar-refractivity contribution in [2.45, 2.75) is 12.5 Å². The number of hydrogen-bond acceptors (Lipinski definition) is 2. The van der Waals surface area contributed by atoms with Crippen molar-refractivity contribution in [1.29, 1.82) is 0 Å². The Morgan fingerprint density at radius 3 is 3.08 bits per heavy atom. The van der Waals surface area contributed by atoms with Crippen LogP contribution in [0.15, 0.2) is 18.2 Å². The summed E-state index contributed by atoms with van der Waals surface area (Å²) in [7, 11) is 0. The van der Waals surface area contributed by atoms with Crippen molar-refractivity contribution in [2.75, 3.05) is 6.54 Å². The summed E-state index contributed by atoms with van der Waals surface area (Å²) in [6.45, 7) is 0.547. The topological polar surface area (TPSA) is 35.2 Å². The van der Waals surface area contributed by atoms with Gasteiger partial charge in [-0.1, -0.05) is 23.7 Å². The number of halogens is 1. The first-order valence-corrected chi connectivity index (χ1v) is 4.33. The molecule has 3 heteroatoms. The Labute approximate surface area is 76.3 Å². The summed E-state index contributed by atoms with van der Waals surface area (Å²) in [5.74, 6) is 0.814. The van der Waals surface area contributed by atoms with E-state index in [-0.39, 0.29) is 6.10 Å². The van der Waals surface area contributed by atoms with Gasteiger partial charge in [0.05, 0.1) is 5.02 Å². The van der Waals surface area contributed by atoms with Gasteiger partial charge < -0.3 is 10.5 Å². The van der Waals surface area contributed by atoms with E-state index in [9.17, 15) is 0 Å². The Kier molecular flexibility index (Phi) is 1.95. The molecule has 1 aliphatic heterocycles. The molecule has 0 saturated heterocycles. The van der Waals surface area contributed by atoms with Gasteiger partial charge in [0, 0.05) is 13.0 Å². The molecular weight excluding hydrogens is 174 g/mol. The first kappa shape index (κ1) is 7.90. The summed E-state index contributed by atoms with van der Waals surface area (Å²) in [5, 5.41) is 0.684. The van der Waals surface area contributed by atoms with Crippen LogP contribution in [0.3, 0.4) is 0 Å². The van der Waals surface area contributed by atoms with Crippen molar-refractivity contribution in [1.82, 2.24) is 0 Å². The van der Waals surface area contributed by atoms with Gasteiger partial charge in [-0.3, -0.25) is 0 Å². The van der Waals surface area contributed by atoms with Gasteiger partial charge in [0.15, 0.2) is 0 Å². The van der Waals surface area contributed by atoms with Crippen LogP contribution in [0.5, 0.6) is 5.75 Å². The number of ether oxygens (including phenoxy) is 1. The summed E-state index contributed by atoms with van der Waals surface area (Å²) in [6.07, 6.45) is 0.992. The molecule has 1 atom stereocenters. The van der Waals surface area contributed by atoms with Crippen LogP contribution in [0.1, 0.15) is 5.56 Å². The van der Waals surface area contributed by atoms with E-state index in [1.54, 1.807) is 0 Å². The molecule has 0 saturated carbocycles. The van der Waals surface area contributed by atoms with Gasteiger partial charge in [-0.2, -0.15) is 0 Å². The van der Waals surface area contributed by atoms with Gasteiger partial charge in [-0.25, -0.2) is 0 Å². The van der Waals surface area contributed by atoms with E-state index in [4.69, 9.17) is 22.1 Å². The van der Waals surface area contributed by atoms with Crippen LogP contribution in [0.2, 0.25) is 5.02 Å². The average molecular weight is 184 g/mol. The highest BCUT2D eigenvalue weighted by Crippen LogP contribution is 2.35. The average Bonchev–Trinajstić information content (AvgIpc) is 2.49. The van der Waals surface area contributed by atoms with Crippen LogP contribution >= 0.6 is 11.6 Å². The molecule has 1 aliphatic rings. The summed E-state index contributed by atoms with van der Waals surface area (Å²) in [5.41, 5.74) is 6.66. The maximum Gasteiger partial charge on any atom is 0.141 e. The lowest BCUT2D eigenvalue weighted by Gasteiger charge is -2.06. The molecule has 0 aliphatic carbocycles. The Bertz CT molecular complexity index is 301. The lowest BCUT2D eigenvalue weighted by Crippen LogP contribution is -2.24. The zero-order chi connectivity index (χ0) is 8.55. The highest BCUT2D eigenvalue weighted by atomic mass is 35.5. The molecule has 0 unspecified atom stereocenters. The van der Waals surface area contributed by atoms with Crippen molar-refractivity contribution in [2.24, 2.45) is 5.73 Å². The van der Waals surface area contributed by atoms with Gasteiger partial charge in [0.2, 0.25) is 0 Å². The standard InChI is InChI=1S/C9H10ClNO/c10-8-3-1-2-6-4-7(5-11)12-9(6)8/h1-3,7H,4-5,11H2/t7-/m0/s1. The van der Waals surface area contributed by atoms with Crippen LogP contribution in [0.25, 0.3) is 0 Å². The van der Waals surface area contributed by atoms with Crippen LogP contribution in [0.4, 0.5) is 0 Å². The molecule has 1 aromatic rings. The molecule has 64 valence electrons. The molecule has 2 nitrogen and oxygen atoms in total. The van der Waals surface area contributed by atoms with E-state index in [1.807, 2.05) is 18.2 Å². The first-order chi connectivity index (χ1) is 5.81. The van der Waals surface area contributed by atoms with Crippen molar-refractivity contribution in [3.8, 4) is 5.75 Å². The van der Waals surface area contributed by atoms with Crippen molar-refractivity contribution in [3.63, 3.8) is 0 Å². The molecular formula is C9H10ClNO. The molecule has 0 aromatic heterocycles. The smallest absolute Gasteiger partial charge is 0.141 e. The summed E-state index contributed by atoms with van der Waals surface area (Å²) < 4.78 is 5.53. The Hall–Kier alpha value is -0.730. The molecule has 2 N–H and O–H groups in total. The number of rotatable bonds is 1. The zero-order valence-corrected chi connectivity index (χ0v) is 7.34. The molecule has 0 spiro atoms. The quantitative estimate of drug-likeness (QED) is 0.718. The second kappa shape index (κ2) is 2.96. The summed E-state index contributed by atoms with van der Waals surface area (Å²) in [4.78, 5) is 0. The first-order valence-electron chi connectivity index (χ1n) is 3.95. The van der Waals surface area contributed by atoms with Crippen molar-refractivity contribution in [3.05, 3.63) is 28.8 Å². The second-order valence-electron chi connectivity index (χ2n) is 2.91. The predicted molar refractivity (Wildman–Crippen MR) is 48.6 cm³/mol. The van der Waals surface area contributed by atoms with Crippen LogP contribution in [-0.2, 0) is 6.42 Å². The largest absolute Gasteiger partial charge is 0.487 e. The SMILES string of the molecule is NC[C@@H]1Cc2cccc(Cl)c2O1. The van der Waals surface area contributed by atoms with Crippen LogP contribution in [0, 0.1) is 0 Å². The molecule has 0 radical (unpaired) electrons. The van der Waals surface area contributed by atoms with Gasteiger partial charge in [0.1, 0.15) is 11.9 Å². The molecule has 1 heterocycles. The Morgan fingerprint density at radius 2 is 2.42 bits per heavy atom. The second-order valence-corrected chi connectivity index (χ2v) is 3.31. The molecule has 12 heavy (non-hydrogen) atoms. The number of nitrogens with two attached hydrogens (primary N) is 1. The third-order valence-electron chi connectivity index (χ3n) is 2.04. The third kappa shape index (κ3) is 1.17. The summed E-state index contributed by atoms with van der Waals surface area (Å²) >= 11 is 5.93. The number of para-hydroxylation sites is 1. The van der Waals surface area contributed by atoms with E-state index < -0.39 is 0 Å². The van der Waals surface area contributed by atoms with Gasteiger partial charge in [-0.15, -0.1) is 0 Å². The lowest BCUT2D eigenvalue weighted by molar-refractivity contribution is 0.241. The monoisotopic (exact) mass is 183 g/mol. The minimum atomic E-state index is 0.111. The minimum absolute atomic E-state index is 0.111. The van der Waals surface area contributed by atoms with E-state index in [1.165, 1.54) is 0 Å². The molecule has 0 fully saturated rings. The molecule has 1 aromatic carbocycles. The highest BCUT2D eigenvalue weighted by molar-refractivity contribution is 6.32. The minimum Gasteiger partial charge on any atom is -0.487 e. The maximum absolute atomic E-state index is 5.93. The fourth-order valence-corrected chi connectivity index (χ4v) is 1.67. The van der Waals surface area contributed by atoms with Gasteiger partial charge in [-0.05, 0) is 11.6 Å². The maximum atomic E-state index is 5.93. The van der Waals surface area contributed by atoms with E-state index in [0.717, 1.165) is 17.7 Å². The molecule has 0 amide bonds. The Morgan fingerprint density at radius 1 is 1.58 bits per heavy atom. The van der Waals surface area contributed by atoms with Crippen molar-refractivity contribution >= 4 is 11.6 Å². The van der Waals surface area contributed by atoms with E-state index in [2.05, 4.69) is 0 Å². The molecule has 2 rings (SSSR count). The fourth-order valence-electron chi connectivity index (χ4n) is 1.43. The predicted octanol–water partition coefficient (Wildman–Crippen LogP) is 1.60. The zero-order valence-electron chi connectivity index (χ0n) is 6.59. The number of fused-ring (bicyclic) bond motifs is 1. The molecule has 0 bridgehead atoms. The van der Waals surface area contributed by atoms with E-state index >= 15 is 0 Å². The fraction of sp³-hybridized carbons (Fsp3) is 0.333. The van der Waals surface area contributed by atoms with Gasteiger partial charge in [0.25, 0.3) is 0 Å². The number of benzene rings is 1. The third-order valence-corrected chi connectivity index (χ3v) is 2.34. The highest BCUT2D eigenvalue weighted by Gasteiger charge is 2.22. The van der Waals surface area contributed by atoms with Crippen LogP contribution in [-0.4, -0.2) is 12.6 Å². The Balaban J connectivity index is 2.35. The van der Waals surface area contributed by atoms with Crippen molar-refractivity contribution < 1.29 is 4.74 Å². The number of hydrogen-bond donors (Lipinski definition) is 1.